The van der Waals surface area contributed by atoms with Crippen LogP contribution < -0.4 is 11.5 Å². The number of aromatic nitrogens is 3. The lowest BCUT2D eigenvalue weighted by molar-refractivity contribution is 0.491. The van der Waals surface area contributed by atoms with Crippen LogP contribution in [0.3, 0.4) is 0 Å². The van der Waals surface area contributed by atoms with Crippen LogP contribution in [0, 0.1) is 17.5 Å². The monoisotopic (exact) mass is 229 g/mol. The Bertz CT molecular complexity index is 551. The number of benzene rings is 1. The molecule has 16 heavy (non-hydrogen) atoms. The molecule has 0 spiro atoms. The fraction of sp³-hybridized carbons (Fsp3) is 0. The van der Waals surface area contributed by atoms with Gasteiger partial charge in [-0.2, -0.15) is 9.67 Å². The Kier molecular flexibility index (Phi) is 2.18. The lowest BCUT2D eigenvalue weighted by Crippen LogP contribution is -2.06. The van der Waals surface area contributed by atoms with Crippen molar-refractivity contribution in [2.45, 2.75) is 0 Å². The number of nitrogen functional groups attached to an aromatic ring is 2. The van der Waals surface area contributed by atoms with E-state index in [1.54, 1.807) is 0 Å². The first-order chi connectivity index (χ1) is 7.49. The van der Waals surface area contributed by atoms with Crippen LogP contribution in [0.4, 0.5) is 25.1 Å². The third kappa shape index (κ3) is 1.53. The van der Waals surface area contributed by atoms with Gasteiger partial charge in [-0.25, -0.2) is 13.2 Å². The van der Waals surface area contributed by atoms with Gasteiger partial charge in [-0.15, -0.1) is 5.10 Å². The van der Waals surface area contributed by atoms with Crippen LogP contribution >= 0.6 is 0 Å². The maximum Gasteiger partial charge on any atom is 0.241 e. The highest BCUT2D eigenvalue weighted by Crippen LogP contribution is 2.19. The predicted molar refractivity (Wildman–Crippen MR) is 50.1 cm³/mol. The second-order valence-corrected chi connectivity index (χ2v) is 2.96. The highest BCUT2D eigenvalue weighted by atomic mass is 19.2. The zero-order valence-corrected chi connectivity index (χ0v) is 7.78. The lowest BCUT2D eigenvalue weighted by Gasteiger charge is -2.04. The molecule has 1 aromatic carbocycles. The van der Waals surface area contributed by atoms with Gasteiger partial charge < -0.3 is 11.5 Å². The summed E-state index contributed by atoms with van der Waals surface area (Å²) in [6.45, 7) is 0. The van der Waals surface area contributed by atoms with E-state index in [-0.39, 0.29) is 17.6 Å². The highest BCUT2D eigenvalue weighted by Gasteiger charge is 2.15. The summed E-state index contributed by atoms with van der Waals surface area (Å²) in [7, 11) is 0. The number of nitrogens with zero attached hydrogens (tertiary/aromatic N) is 3. The topological polar surface area (TPSA) is 82.7 Å². The van der Waals surface area contributed by atoms with Crippen LogP contribution in [0.2, 0.25) is 0 Å². The van der Waals surface area contributed by atoms with E-state index in [0.717, 1.165) is 4.68 Å². The molecule has 0 aliphatic heterocycles. The minimum atomic E-state index is -1.30. The maximum absolute atomic E-state index is 13.3. The van der Waals surface area contributed by atoms with Crippen LogP contribution in [-0.2, 0) is 0 Å². The molecule has 0 saturated heterocycles. The van der Waals surface area contributed by atoms with Crippen LogP contribution in [-0.4, -0.2) is 14.8 Å². The van der Waals surface area contributed by atoms with Gasteiger partial charge in [0.1, 0.15) is 5.69 Å². The zero-order chi connectivity index (χ0) is 11.9. The molecule has 0 radical (unpaired) electrons. The first kappa shape index (κ1) is 10.3. The number of anilines is 2. The Morgan fingerprint density at radius 1 is 1.00 bits per heavy atom. The molecule has 84 valence electrons. The summed E-state index contributed by atoms with van der Waals surface area (Å²) in [6.07, 6.45) is 0. The Labute approximate surface area is 87.5 Å². The normalized spacial score (nSPS) is 10.7. The molecule has 1 aromatic heterocycles. The van der Waals surface area contributed by atoms with Gasteiger partial charge in [-0.3, -0.25) is 0 Å². The van der Waals surface area contributed by atoms with Crippen LogP contribution in [0.15, 0.2) is 12.1 Å². The average Bonchev–Trinajstić information content (AvgIpc) is 2.51. The Morgan fingerprint density at radius 2 is 1.62 bits per heavy atom. The van der Waals surface area contributed by atoms with Crippen molar-refractivity contribution in [3.8, 4) is 5.69 Å². The van der Waals surface area contributed by atoms with E-state index < -0.39 is 17.5 Å². The number of hydrogen-bond acceptors (Lipinski definition) is 4. The van der Waals surface area contributed by atoms with Crippen molar-refractivity contribution in [1.82, 2.24) is 14.8 Å². The SMILES string of the molecule is Nc1nc(N)n(-c2cc(F)c(F)cc2F)n1. The summed E-state index contributed by atoms with van der Waals surface area (Å²) in [4.78, 5) is 3.51. The van der Waals surface area contributed by atoms with E-state index in [0.29, 0.717) is 12.1 Å². The average molecular weight is 229 g/mol. The number of hydrogen-bond donors (Lipinski definition) is 2. The second-order valence-electron chi connectivity index (χ2n) is 2.96. The van der Waals surface area contributed by atoms with Crippen molar-refractivity contribution in [3.05, 3.63) is 29.6 Å². The van der Waals surface area contributed by atoms with Crippen LogP contribution in [0.5, 0.6) is 0 Å². The minimum absolute atomic E-state index is 0.193. The summed E-state index contributed by atoms with van der Waals surface area (Å²) >= 11 is 0. The molecule has 0 fully saturated rings. The molecule has 0 aliphatic rings. The maximum atomic E-state index is 13.3. The molecule has 0 amide bonds. The summed E-state index contributed by atoms with van der Waals surface area (Å²) in [6, 6.07) is 1.01. The van der Waals surface area contributed by atoms with Gasteiger partial charge in [-0.05, 0) is 0 Å². The quantitative estimate of drug-likeness (QED) is 0.710. The molecular weight excluding hydrogens is 223 g/mol. The van der Waals surface area contributed by atoms with Gasteiger partial charge in [0.25, 0.3) is 0 Å². The molecule has 2 aromatic rings. The molecule has 0 bridgehead atoms. The van der Waals surface area contributed by atoms with Gasteiger partial charge in [0, 0.05) is 12.1 Å². The smallest absolute Gasteiger partial charge is 0.241 e. The molecule has 8 heteroatoms. The fourth-order valence-electron chi connectivity index (χ4n) is 1.19. The molecule has 4 N–H and O–H groups in total. The van der Waals surface area contributed by atoms with E-state index in [1.807, 2.05) is 0 Å². The molecule has 0 saturated carbocycles. The van der Waals surface area contributed by atoms with Crippen molar-refractivity contribution < 1.29 is 13.2 Å². The molecule has 5 nitrogen and oxygen atoms in total. The first-order valence-electron chi connectivity index (χ1n) is 4.12. The predicted octanol–water partition coefficient (Wildman–Crippen LogP) is 0.849. The molecular formula is C8H6F3N5. The lowest BCUT2D eigenvalue weighted by atomic mass is 10.3. The third-order valence-corrected chi connectivity index (χ3v) is 1.87. The summed E-state index contributed by atoms with van der Waals surface area (Å²) < 4.78 is 39.7. The van der Waals surface area contributed by atoms with E-state index in [2.05, 4.69) is 10.1 Å². The summed E-state index contributed by atoms with van der Waals surface area (Å²) in [5, 5.41) is 3.54. The molecule has 0 aliphatic carbocycles. The van der Waals surface area contributed by atoms with Gasteiger partial charge in [0.2, 0.25) is 11.9 Å². The molecule has 0 atom stereocenters. The van der Waals surface area contributed by atoms with Crippen molar-refractivity contribution >= 4 is 11.9 Å². The molecule has 1 heterocycles. The summed E-state index contributed by atoms with van der Waals surface area (Å²) in [5.41, 5.74) is 10.2. The van der Waals surface area contributed by atoms with Gasteiger partial charge in [0.05, 0.1) is 0 Å². The minimum Gasteiger partial charge on any atom is -0.368 e. The summed E-state index contributed by atoms with van der Waals surface area (Å²) in [5.74, 6) is -3.95. The van der Waals surface area contributed by atoms with E-state index in [1.165, 1.54) is 0 Å². The van der Waals surface area contributed by atoms with Crippen molar-refractivity contribution in [2.24, 2.45) is 0 Å². The highest BCUT2D eigenvalue weighted by molar-refractivity contribution is 5.41. The van der Waals surface area contributed by atoms with Crippen molar-refractivity contribution in [3.63, 3.8) is 0 Å². The van der Waals surface area contributed by atoms with Gasteiger partial charge in [0.15, 0.2) is 17.5 Å². The van der Waals surface area contributed by atoms with Crippen molar-refractivity contribution in [2.75, 3.05) is 11.5 Å². The second kappa shape index (κ2) is 3.40. The van der Waals surface area contributed by atoms with E-state index in [9.17, 15) is 13.2 Å². The molecule has 2 rings (SSSR count). The third-order valence-electron chi connectivity index (χ3n) is 1.87. The van der Waals surface area contributed by atoms with Gasteiger partial charge in [-0.1, -0.05) is 0 Å². The largest absolute Gasteiger partial charge is 0.368 e. The van der Waals surface area contributed by atoms with Crippen LogP contribution in [0.1, 0.15) is 0 Å². The first-order valence-corrected chi connectivity index (χ1v) is 4.12. The zero-order valence-electron chi connectivity index (χ0n) is 7.78. The number of rotatable bonds is 1. The Balaban J connectivity index is 2.64. The van der Waals surface area contributed by atoms with E-state index >= 15 is 0 Å². The molecule has 0 unspecified atom stereocenters. The van der Waals surface area contributed by atoms with Crippen LogP contribution in [0.25, 0.3) is 5.69 Å². The van der Waals surface area contributed by atoms with Gasteiger partial charge >= 0.3 is 0 Å². The number of nitrogens with two attached hydrogens (primary N) is 2. The Morgan fingerprint density at radius 3 is 2.19 bits per heavy atom. The number of halogens is 3. The van der Waals surface area contributed by atoms with Crippen molar-refractivity contribution in [1.29, 1.82) is 0 Å². The fourth-order valence-corrected chi connectivity index (χ4v) is 1.19. The Hall–Kier alpha value is -2.25. The van der Waals surface area contributed by atoms with E-state index in [4.69, 9.17) is 11.5 Å². The standard InChI is InChI=1S/C8H6F3N5/c9-3-1-5(11)6(2-4(3)10)16-8(13)14-7(12)15-16/h1-2H,(H4,12,13,14,15).